The van der Waals surface area contributed by atoms with Crippen LogP contribution in [0.4, 0.5) is 23.1 Å². The quantitative estimate of drug-likeness (QED) is 0.746. The average molecular weight is 360 g/mol. The van der Waals surface area contributed by atoms with E-state index in [0.29, 0.717) is 18.1 Å². The van der Waals surface area contributed by atoms with Gasteiger partial charge in [-0.1, -0.05) is 36.4 Å². The molecule has 6 heteroatoms. The van der Waals surface area contributed by atoms with Gasteiger partial charge in [0, 0.05) is 19.3 Å². The van der Waals surface area contributed by atoms with Crippen LogP contribution in [0.25, 0.3) is 0 Å². The van der Waals surface area contributed by atoms with E-state index in [-0.39, 0.29) is 0 Å². The van der Waals surface area contributed by atoms with Gasteiger partial charge in [0.1, 0.15) is 17.8 Å². The molecule has 0 saturated carbocycles. The Morgan fingerprint density at radius 1 is 0.889 bits per heavy atom. The van der Waals surface area contributed by atoms with Gasteiger partial charge in [0.05, 0.1) is 6.54 Å². The van der Waals surface area contributed by atoms with Gasteiger partial charge in [-0.3, -0.25) is 0 Å². The van der Waals surface area contributed by atoms with E-state index in [0.717, 1.165) is 24.7 Å². The van der Waals surface area contributed by atoms with Crippen molar-refractivity contribution < 1.29 is 0 Å². The molecular formula is C21H24N6. The number of piperidine rings is 1. The third-order valence-corrected chi connectivity index (χ3v) is 4.86. The summed E-state index contributed by atoms with van der Waals surface area (Å²) in [7, 11) is 0. The van der Waals surface area contributed by atoms with E-state index in [4.69, 9.17) is 5.73 Å². The Morgan fingerprint density at radius 2 is 1.67 bits per heavy atom. The molecule has 3 aromatic rings. The van der Waals surface area contributed by atoms with E-state index in [1.54, 1.807) is 12.5 Å². The number of hydrogen-bond donors (Lipinski definition) is 1. The van der Waals surface area contributed by atoms with Crippen molar-refractivity contribution in [2.75, 3.05) is 28.6 Å². The van der Waals surface area contributed by atoms with E-state index in [1.807, 2.05) is 36.4 Å². The topological polar surface area (TPSA) is 71.2 Å². The number of hydrogen-bond acceptors (Lipinski definition) is 6. The van der Waals surface area contributed by atoms with Gasteiger partial charge in [0.2, 0.25) is 0 Å². The fourth-order valence-corrected chi connectivity index (χ4v) is 3.49. The minimum Gasteiger partial charge on any atom is -0.393 e. The summed E-state index contributed by atoms with van der Waals surface area (Å²) >= 11 is 0. The SMILES string of the molecule is Nc1c(N2CCCCC2)ncnc1N(Cc1ccccc1)c1ccccn1. The maximum absolute atomic E-state index is 6.57. The maximum Gasteiger partial charge on any atom is 0.163 e. The van der Waals surface area contributed by atoms with E-state index in [9.17, 15) is 0 Å². The van der Waals surface area contributed by atoms with Crippen LogP contribution >= 0.6 is 0 Å². The first-order chi connectivity index (χ1) is 13.3. The van der Waals surface area contributed by atoms with Gasteiger partial charge in [-0.25, -0.2) is 15.0 Å². The molecule has 1 aliphatic rings. The largest absolute Gasteiger partial charge is 0.393 e. The maximum atomic E-state index is 6.57. The number of nitrogens with zero attached hydrogens (tertiary/aromatic N) is 5. The molecule has 2 N–H and O–H groups in total. The zero-order valence-electron chi connectivity index (χ0n) is 15.3. The number of benzene rings is 1. The second-order valence-electron chi connectivity index (χ2n) is 6.74. The molecule has 1 saturated heterocycles. The third-order valence-electron chi connectivity index (χ3n) is 4.86. The van der Waals surface area contributed by atoms with Gasteiger partial charge >= 0.3 is 0 Å². The fraction of sp³-hybridized carbons (Fsp3) is 0.286. The van der Waals surface area contributed by atoms with E-state index >= 15 is 0 Å². The molecule has 0 radical (unpaired) electrons. The molecule has 0 bridgehead atoms. The van der Waals surface area contributed by atoms with Crippen LogP contribution < -0.4 is 15.5 Å². The summed E-state index contributed by atoms with van der Waals surface area (Å²) in [4.78, 5) is 17.9. The number of rotatable bonds is 5. The van der Waals surface area contributed by atoms with Crippen LogP contribution in [-0.4, -0.2) is 28.0 Å². The van der Waals surface area contributed by atoms with Gasteiger partial charge in [-0.05, 0) is 37.0 Å². The van der Waals surface area contributed by atoms with Crippen molar-refractivity contribution in [3.8, 4) is 0 Å². The van der Waals surface area contributed by atoms with Gasteiger partial charge in [-0.2, -0.15) is 0 Å². The molecule has 0 aliphatic carbocycles. The predicted molar refractivity (Wildman–Crippen MR) is 109 cm³/mol. The summed E-state index contributed by atoms with van der Waals surface area (Å²) < 4.78 is 0. The van der Waals surface area contributed by atoms with Crippen LogP contribution in [0.1, 0.15) is 24.8 Å². The number of aromatic nitrogens is 3. The van der Waals surface area contributed by atoms with Crippen LogP contribution in [0.2, 0.25) is 0 Å². The first-order valence-corrected chi connectivity index (χ1v) is 9.41. The molecule has 3 heterocycles. The molecule has 1 aliphatic heterocycles. The summed E-state index contributed by atoms with van der Waals surface area (Å²) in [6.07, 6.45) is 7.01. The van der Waals surface area contributed by atoms with Crippen LogP contribution in [0.15, 0.2) is 61.1 Å². The summed E-state index contributed by atoms with van der Waals surface area (Å²) in [5.74, 6) is 2.35. The number of nitrogens with two attached hydrogens (primary N) is 1. The molecule has 4 rings (SSSR count). The Labute approximate surface area is 159 Å². The van der Waals surface area contributed by atoms with E-state index < -0.39 is 0 Å². The number of nitrogen functional groups attached to an aromatic ring is 1. The Morgan fingerprint density at radius 3 is 2.41 bits per heavy atom. The molecule has 0 amide bonds. The average Bonchev–Trinajstić information content (AvgIpc) is 2.74. The summed E-state index contributed by atoms with van der Waals surface area (Å²) in [5.41, 5.74) is 8.35. The number of anilines is 4. The highest BCUT2D eigenvalue weighted by atomic mass is 15.3. The van der Waals surface area contributed by atoms with E-state index in [2.05, 4.69) is 36.9 Å². The molecule has 1 aromatic carbocycles. The minimum absolute atomic E-state index is 0.612. The predicted octanol–water partition coefficient (Wildman–Crippen LogP) is 3.78. The third kappa shape index (κ3) is 3.84. The fourth-order valence-electron chi connectivity index (χ4n) is 3.49. The first kappa shape index (κ1) is 17.3. The van der Waals surface area contributed by atoms with Crippen molar-refractivity contribution in [1.29, 1.82) is 0 Å². The van der Waals surface area contributed by atoms with Crippen molar-refractivity contribution in [2.45, 2.75) is 25.8 Å². The second kappa shape index (κ2) is 8.03. The smallest absolute Gasteiger partial charge is 0.163 e. The Hall–Kier alpha value is -3.15. The standard InChI is InChI=1S/C21H24N6/c22-19-20(26-13-7-2-8-14-26)24-16-25-21(19)27(18-11-5-6-12-23-18)15-17-9-3-1-4-10-17/h1,3-6,9-12,16H,2,7-8,13-15,22H2. The molecule has 0 atom stereocenters. The van der Waals surface area contributed by atoms with E-state index in [1.165, 1.54) is 24.8 Å². The first-order valence-electron chi connectivity index (χ1n) is 9.41. The van der Waals surface area contributed by atoms with Crippen molar-refractivity contribution in [3.05, 3.63) is 66.6 Å². The van der Waals surface area contributed by atoms with Crippen LogP contribution in [-0.2, 0) is 6.54 Å². The van der Waals surface area contributed by atoms with Crippen LogP contribution in [0.5, 0.6) is 0 Å². The lowest BCUT2D eigenvalue weighted by Gasteiger charge is -2.30. The van der Waals surface area contributed by atoms with Gasteiger partial charge in [0.25, 0.3) is 0 Å². The zero-order valence-corrected chi connectivity index (χ0v) is 15.3. The number of pyridine rings is 1. The van der Waals surface area contributed by atoms with Crippen molar-refractivity contribution in [3.63, 3.8) is 0 Å². The highest BCUT2D eigenvalue weighted by Gasteiger charge is 2.22. The Balaban J connectivity index is 1.73. The normalized spacial score (nSPS) is 14.1. The lowest BCUT2D eigenvalue weighted by molar-refractivity contribution is 0.573. The molecule has 27 heavy (non-hydrogen) atoms. The monoisotopic (exact) mass is 360 g/mol. The van der Waals surface area contributed by atoms with Gasteiger partial charge < -0.3 is 15.5 Å². The van der Waals surface area contributed by atoms with Gasteiger partial charge in [0.15, 0.2) is 11.6 Å². The van der Waals surface area contributed by atoms with Crippen molar-refractivity contribution in [1.82, 2.24) is 15.0 Å². The summed E-state index contributed by atoms with van der Waals surface area (Å²) in [5, 5.41) is 0. The molecule has 6 nitrogen and oxygen atoms in total. The lowest BCUT2D eigenvalue weighted by atomic mass is 10.1. The minimum atomic E-state index is 0.612. The molecule has 1 fully saturated rings. The summed E-state index contributed by atoms with van der Waals surface area (Å²) in [6.45, 7) is 2.62. The molecule has 0 spiro atoms. The Bertz CT molecular complexity index is 862. The summed E-state index contributed by atoms with van der Waals surface area (Å²) in [6, 6.07) is 16.1. The van der Waals surface area contributed by atoms with Crippen LogP contribution in [0, 0.1) is 0 Å². The van der Waals surface area contributed by atoms with Gasteiger partial charge in [-0.15, -0.1) is 0 Å². The Kier molecular flexibility index (Phi) is 5.14. The zero-order chi connectivity index (χ0) is 18.5. The van der Waals surface area contributed by atoms with Crippen molar-refractivity contribution in [2.24, 2.45) is 0 Å². The highest BCUT2D eigenvalue weighted by Crippen LogP contribution is 2.34. The van der Waals surface area contributed by atoms with Crippen molar-refractivity contribution >= 4 is 23.1 Å². The second-order valence-corrected chi connectivity index (χ2v) is 6.74. The molecule has 0 unspecified atom stereocenters. The highest BCUT2D eigenvalue weighted by molar-refractivity contribution is 5.79. The van der Waals surface area contributed by atoms with Crippen LogP contribution in [0.3, 0.4) is 0 Å². The molecule has 138 valence electrons. The molecular weight excluding hydrogens is 336 g/mol. The lowest BCUT2D eigenvalue weighted by Crippen LogP contribution is -2.31. The molecule has 2 aromatic heterocycles.